The first-order chi connectivity index (χ1) is 11.7. The Labute approximate surface area is 139 Å². The van der Waals surface area contributed by atoms with Crippen molar-refractivity contribution in [1.82, 2.24) is 20.5 Å². The number of aromatic nitrogens is 3. The Balaban J connectivity index is 2.16. The van der Waals surface area contributed by atoms with Crippen molar-refractivity contribution in [3.05, 3.63) is 51.1 Å². The molecule has 2 heterocycles. The van der Waals surface area contributed by atoms with Crippen LogP contribution in [0.25, 0.3) is 0 Å². The zero-order valence-corrected chi connectivity index (χ0v) is 13.1. The number of alkyl halides is 3. The molecule has 1 amide bonds. The van der Waals surface area contributed by atoms with E-state index in [1.807, 2.05) is 6.92 Å². The molecular weight excluding hydrogens is 343 g/mol. The highest BCUT2D eigenvalue weighted by atomic mass is 19.4. The number of aryl methyl sites for hydroxylation is 1. The average Bonchev–Trinajstić information content (AvgIpc) is 2.99. The summed E-state index contributed by atoms with van der Waals surface area (Å²) in [4.78, 5) is 25.2. The van der Waals surface area contributed by atoms with Gasteiger partial charge >= 0.3 is 11.9 Å². The van der Waals surface area contributed by atoms with E-state index in [4.69, 9.17) is 0 Å². The van der Waals surface area contributed by atoms with Crippen LogP contribution in [0.3, 0.4) is 0 Å². The minimum Gasteiger partial charge on any atom is -0.345 e. The third-order valence-corrected chi connectivity index (χ3v) is 3.24. The summed E-state index contributed by atoms with van der Waals surface area (Å²) in [5.74, 6) is -0.952. The number of aromatic amines is 1. The summed E-state index contributed by atoms with van der Waals surface area (Å²) < 4.78 is 37.9. The van der Waals surface area contributed by atoms with E-state index in [0.29, 0.717) is 11.9 Å². The Morgan fingerprint density at radius 1 is 1.40 bits per heavy atom. The Morgan fingerprint density at radius 2 is 2.12 bits per heavy atom. The van der Waals surface area contributed by atoms with Crippen molar-refractivity contribution in [3.8, 4) is 0 Å². The lowest BCUT2D eigenvalue weighted by atomic mass is 10.2. The molecule has 0 radical (unpaired) electrons. The summed E-state index contributed by atoms with van der Waals surface area (Å²) in [7, 11) is 0. The SMILES string of the molecule is CCCc1cc(CNC(=O)c2ncc(C(F)(F)F)cc2[N+](=O)[O-])[nH]n1. The number of pyridine rings is 1. The van der Waals surface area contributed by atoms with Gasteiger partial charge in [-0.15, -0.1) is 0 Å². The normalized spacial score (nSPS) is 11.4. The number of carbonyl (C=O) groups is 1. The summed E-state index contributed by atoms with van der Waals surface area (Å²) in [5.41, 5.74) is -1.64. The smallest absolute Gasteiger partial charge is 0.345 e. The summed E-state index contributed by atoms with van der Waals surface area (Å²) in [5, 5.41) is 20.0. The Hall–Kier alpha value is -2.98. The molecule has 0 saturated carbocycles. The van der Waals surface area contributed by atoms with Crippen LogP contribution in [0.1, 0.15) is 40.8 Å². The average molecular weight is 357 g/mol. The summed E-state index contributed by atoms with van der Waals surface area (Å²) in [6.45, 7) is 1.96. The number of nitro groups is 1. The van der Waals surface area contributed by atoms with Gasteiger partial charge in [-0.1, -0.05) is 13.3 Å². The lowest BCUT2D eigenvalue weighted by Crippen LogP contribution is -2.25. The number of amides is 1. The van der Waals surface area contributed by atoms with Crippen LogP contribution in [-0.2, 0) is 19.1 Å². The van der Waals surface area contributed by atoms with E-state index in [-0.39, 0.29) is 12.6 Å². The summed E-state index contributed by atoms with van der Waals surface area (Å²) in [6, 6.07) is 2.01. The molecule has 0 aliphatic heterocycles. The molecule has 0 bridgehead atoms. The molecule has 0 aliphatic carbocycles. The lowest BCUT2D eigenvalue weighted by molar-refractivity contribution is -0.385. The zero-order chi connectivity index (χ0) is 18.6. The first kappa shape index (κ1) is 18.4. The van der Waals surface area contributed by atoms with Crippen molar-refractivity contribution in [2.75, 3.05) is 0 Å². The fourth-order valence-corrected chi connectivity index (χ4v) is 2.07. The maximum atomic E-state index is 12.6. The Kier molecular flexibility index (Phi) is 5.35. The quantitative estimate of drug-likeness (QED) is 0.609. The monoisotopic (exact) mass is 357 g/mol. The first-order valence-corrected chi connectivity index (χ1v) is 7.25. The van der Waals surface area contributed by atoms with E-state index in [9.17, 15) is 28.1 Å². The number of carbonyl (C=O) groups excluding carboxylic acids is 1. The van der Waals surface area contributed by atoms with Gasteiger partial charge in [0.15, 0.2) is 0 Å². The zero-order valence-electron chi connectivity index (χ0n) is 13.1. The number of H-pyrrole nitrogens is 1. The molecule has 11 heteroatoms. The van der Waals surface area contributed by atoms with E-state index >= 15 is 0 Å². The van der Waals surface area contributed by atoms with Gasteiger partial charge in [0.2, 0.25) is 5.69 Å². The molecular formula is C14H14F3N5O3. The molecule has 25 heavy (non-hydrogen) atoms. The minimum absolute atomic E-state index is 0.0184. The molecule has 0 aromatic carbocycles. The molecule has 0 atom stereocenters. The van der Waals surface area contributed by atoms with Crippen LogP contribution in [-0.4, -0.2) is 26.0 Å². The van der Waals surface area contributed by atoms with Gasteiger partial charge in [0.25, 0.3) is 5.91 Å². The second-order valence-electron chi connectivity index (χ2n) is 5.16. The molecule has 2 aromatic rings. The van der Waals surface area contributed by atoms with Crippen molar-refractivity contribution < 1.29 is 22.9 Å². The largest absolute Gasteiger partial charge is 0.418 e. The van der Waals surface area contributed by atoms with Gasteiger partial charge in [0.05, 0.1) is 28.4 Å². The van der Waals surface area contributed by atoms with Gasteiger partial charge in [0.1, 0.15) is 0 Å². The molecule has 2 N–H and O–H groups in total. The van der Waals surface area contributed by atoms with Crippen molar-refractivity contribution in [2.45, 2.75) is 32.5 Å². The molecule has 0 fully saturated rings. The number of halogens is 3. The molecule has 0 spiro atoms. The summed E-state index contributed by atoms with van der Waals surface area (Å²) >= 11 is 0. The van der Waals surface area contributed by atoms with Crippen LogP contribution in [0.2, 0.25) is 0 Å². The number of nitrogens with one attached hydrogen (secondary N) is 2. The van der Waals surface area contributed by atoms with Gasteiger partial charge in [-0.25, -0.2) is 4.98 Å². The number of hydrogen-bond donors (Lipinski definition) is 2. The lowest BCUT2D eigenvalue weighted by Gasteiger charge is -2.08. The maximum Gasteiger partial charge on any atom is 0.418 e. The Morgan fingerprint density at radius 3 is 2.72 bits per heavy atom. The van der Waals surface area contributed by atoms with Gasteiger partial charge in [-0.05, 0) is 12.5 Å². The third-order valence-electron chi connectivity index (χ3n) is 3.24. The summed E-state index contributed by atoms with van der Waals surface area (Å²) in [6.07, 6.45) is -2.77. The van der Waals surface area contributed by atoms with E-state index in [1.165, 1.54) is 0 Å². The van der Waals surface area contributed by atoms with Crippen LogP contribution in [0.4, 0.5) is 18.9 Å². The van der Waals surface area contributed by atoms with Crippen molar-refractivity contribution >= 4 is 11.6 Å². The van der Waals surface area contributed by atoms with Crippen LogP contribution < -0.4 is 5.32 Å². The van der Waals surface area contributed by atoms with E-state index in [2.05, 4.69) is 20.5 Å². The van der Waals surface area contributed by atoms with Crippen molar-refractivity contribution in [2.24, 2.45) is 0 Å². The van der Waals surface area contributed by atoms with Crippen LogP contribution in [0.15, 0.2) is 18.3 Å². The van der Waals surface area contributed by atoms with E-state index < -0.39 is 34.0 Å². The second kappa shape index (κ2) is 7.28. The second-order valence-corrected chi connectivity index (χ2v) is 5.16. The maximum absolute atomic E-state index is 12.6. The van der Waals surface area contributed by atoms with E-state index in [0.717, 1.165) is 18.5 Å². The molecule has 0 aliphatic rings. The fraction of sp³-hybridized carbons (Fsp3) is 0.357. The van der Waals surface area contributed by atoms with Crippen molar-refractivity contribution in [3.63, 3.8) is 0 Å². The molecule has 134 valence electrons. The number of nitrogens with zero attached hydrogens (tertiary/aromatic N) is 3. The third kappa shape index (κ3) is 4.52. The highest BCUT2D eigenvalue weighted by Crippen LogP contribution is 2.31. The number of rotatable bonds is 6. The van der Waals surface area contributed by atoms with Crippen molar-refractivity contribution in [1.29, 1.82) is 0 Å². The van der Waals surface area contributed by atoms with E-state index in [1.54, 1.807) is 6.07 Å². The van der Waals surface area contributed by atoms with Crippen LogP contribution in [0.5, 0.6) is 0 Å². The molecule has 0 unspecified atom stereocenters. The van der Waals surface area contributed by atoms with Crippen LogP contribution >= 0.6 is 0 Å². The first-order valence-electron chi connectivity index (χ1n) is 7.25. The topological polar surface area (TPSA) is 114 Å². The standard InChI is InChI=1S/C14H14F3N5O3/c1-2-3-9-5-10(21-20-9)7-19-13(23)12-11(22(24)25)4-8(6-18-12)14(15,16)17/h4-6H,2-3,7H2,1H3,(H,19,23)(H,20,21). The number of hydrogen-bond acceptors (Lipinski definition) is 5. The molecule has 2 rings (SSSR count). The minimum atomic E-state index is -4.79. The van der Waals surface area contributed by atoms with Gasteiger partial charge in [0, 0.05) is 12.3 Å². The van der Waals surface area contributed by atoms with Gasteiger partial charge < -0.3 is 5.32 Å². The van der Waals surface area contributed by atoms with Crippen LogP contribution in [0, 0.1) is 10.1 Å². The molecule has 0 saturated heterocycles. The Bertz CT molecular complexity index is 788. The van der Waals surface area contributed by atoms with Gasteiger partial charge in [-0.3, -0.25) is 20.0 Å². The highest BCUT2D eigenvalue weighted by molar-refractivity contribution is 5.96. The highest BCUT2D eigenvalue weighted by Gasteiger charge is 2.35. The molecule has 2 aromatic heterocycles. The fourth-order valence-electron chi connectivity index (χ4n) is 2.07. The predicted octanol–water partition coefficient (Wildman–Crippen LogP) is 2.61. The molecule has 8 nitrogen and oxygen atoms in total. The van der Waals surface area contributed by atoms with Gasteiger partial charge in [-0.2, -0.15) is 18.3 Å². The predicted molar refractivity (Wildman–Crippen MR) is 79.6 cm³/mol.